The van der Waals surface area contributed by atoms with Crippen LogP contribution in [0.25, 0.3) is 10.9 Å². The summed E-state index contributed by atoms with van der Waals surface area (Å²) in [5, 5.41) is 0.877. The van der Waals surface area contributed by atoms with Gasteiger partial charge < -0.3 is 10.6 Å². The molecule has 2 heterocycles. The SMILES string of the molecule is NC(=O)c1cc2ccccc2nc1C1CCN(C(=O)Cc2ccccc2F)CC1. The number of para-hydroxylation sites is 1. The van der Waals surface area contributed by atoms with Crippen LogP contribution in [0.1, 0.15) is 40.4 Å². The van der Waals surface area contributed by atoms with Crippen molar-refractivity contribution >= 4 is 22.7 Å². The molecule has 2 amide bonds. The van der Waals surface area contributed by atoms with Gasteiger partial charge in [-0.05, 0) is 36.6 Å². The Morgan fingerprint density at radius 3 is 2.48 bits per heavy atom. The van der Waals surface area contributed by atoms with E-state index in [0.717, 1.165) is 10.9 Å². The van der Waals surface area contributed by atoms with E-state index in [0.29, 0.717) is 42.8 Å². The average Bonchev–Trinajstić information content (AvgIpc) is 2.74. The van der Waals surface area contributed by atoms with Gasteiger partial charge in [0.1, 0.15) is 5.82 Å². The fourth-order valence-corrected chi connectivity index (χ4v) is 3.96. The molecule has 1 aliphatic rings. The van der Waals surface area contributed by atoms with Crippen LogP contribution >= 0.6 is 0 Å². The number of aromatic nitrogens is 1. The second-order valence-electron chi connectivity index (χ2n) is 7.40. The highest BCUT2D eigenvalue weighted by Crippen LogP contribution is 2.31. The number of primary amides is 1. The number of fused-ring (bicyclic) bond motifs is 1. The molecule has 0 aliphatic carbocycles. The van der Waals surface area contributed by atoms with Gasteiger partial charge in [0.2, 0.25) is 5.91 Å². The van der Waals surface area contributed by atoms with E-state index in [1.54, 1.807) is 29.2 Å². The van der Waals surface area contributed by atoms with E-state index in [9.17, 15) is 14.0 Å². The Balaban J connectivity index is 1.49. The first kappa shape index (κ1) is 19.1. The molecule has 148 valence electrons. The topological polar surface area (TPSA) is 76.3 Å². The van der Waals surface area contributed by atoms with Crippen molar-refractivity contribution in [2.24, 2.45) is 5.73 Å². The van der Waals surface area contributed by atoms with Gasteiger partial charge in [0, 0.05) is 24.4 Å². The third kappa shape index (κ3) is 3.97. The van der Waals surface area contributed by atoms with Crippen LogP contribution in [0.4, 0.5) is 4.39 Å². The second-order valence-corrected chi connectivity index (χ2v) is 7.40. The monoisotopic (exact) mass is 391 g/mol. The molecular weight excluding hydrogens is 369 g/mol. The minimum Gasteiger partial charge on any atom is -0.366 e. The molecule has 29 heavy (non-hydrogen) atoms. The minimum atomic E-state index is -0.490. The Morgan fingerprint density at radius 2 is 1.76 bits per heavy atom. The highest BCUT2D eigenvalue weighted by molar-refractivity contribution is 5.97. The van der Waals surface area contributed by atoms with Gasteiger partial charge in [-0.25, -0.2) is 4.39 Å². The molecule has 0 saturated carbocycles. The Hall–Kier alpha value is -3.28. The molecule has 0 unspecified atom stereocenters. The van der Waals surface area contributed by atoms with Crippen LogP contribution in [0.3, 0.4) is 0 Å². The molecule has 1 aliphatic heterocycles. The van der Waals surface area contributed by atoms with Gasteiger partial charge in [0.15, 0.2) is 0 Å². The summed E-state index contributed by atoms with van der Waals surface area (Å²) >= 11 is 0. The molecule has 0 spiro atoms. The molecule has 0 bridgehead atoms. The molecule has 0 atom stereocenters. The van der Waals surface area contributed by atoms with Crippen LogP contribution in [-0.2, 0) is 11.2 Å². The Morgan fingerprint density at radius 1 is 1.07 bits per heavy atom. The van der Waals surface area contributed by atoms with Gasteiger partial charge in [-0.1, -0.05) is 36.4 Å². The van der Waals surface area contributed by atoms with Gasteiger partial charge in [-0.3, -0.25) is 14.6 Å². The standard InChI is InChI=1S/C23H22FN3O2/c24-19-7-3-1-5-16(19)14-21(28)27-11-9-15(10-12-27)22-18(23(25)29)13-17-6-2-4-8-20(17)26-22/h1-8,13,15H,9-12,14H2,(H2,25,29). The lowest BCUT2D eigenvalue weighted by Crippen LogP contribution is -2.39. The molecule has 6 heteroatoms. The molecule has 2 aromatic carbocycles. The smallest absolute Gasteiger partial charge is 0.250 e. The Bertz CT molecular complexity index is 1070. The van der Waals surface area contributed by atoms with Crippen molar-refractivity contribution in [3.8, 4) is 0 Å². The predicted octanol–water partition coefficient (Wildman–Crippen LogP) is 3.42. The van der Waals surface area contributed by atoms with Crippen LogP contribution in [0.15, 0.2) is 54.6 Å². The maximum Gasteiger partial charge on any atom is 0.250 e. The number of benzene rings is 2. The number of pyridine rings is 1. The van der Waals surface area contributed by atoms with Crippen LogP contribution in [0.2, 0.25) is 0 Å². The second kappa shape index (κ2) is 7.99. The molecule has 4 rings (SSSR count). The summed E-state index contributed by atoms with van der Waals surface area (Å²) in [6.45, 7) is 1.09. The van der Waals surface area contributed by atoms with Crippen LogP contribution < -0.4 is 5.73 Å². The summed E-state index contributed by atoms with van der Waals surface area (Å²) in [6.07, 6.45) is 1.43. The van der Waals surface area contributed by atoms with E-state index < -0.39 is 5.91 Å². The van der Waals surface area contributed by atoms with Crippen molar-refractivity contribution in [1.29, 1.82) is 0 Å². The van der Waals surface area contributed by atoms with Crippen molar-refractivity contribution in [3.05, 3.63) is 77.2 Å². The fraction of sp³-hybridized carbons (Fsp3) is 0.261. The molecule has 0 radical (unpaired) electrons. The maximum atomic E-state index is 13.8. The highest BCUT2D eigenvalue weighted by atomic mass is 19.1. The van der Waals surface area contributed by atoms with E-state index in [4.69, 9.17) is 10.7 Å². The first-order valence-corrected chi connectivity index (χ1v) is 9.73. The lowest BCUT2D eigenvalue weighted by atomic mass is 9.89. The van der Waals surface area contributed by atoms with E-state index in [2.05, 4.69) is 0 Å². The highest BCUT2D eigenvalue weighted by Gasteiger charge is 2.28. The number of hydrogen-bond donors (Lipinski definition) is 1. The zero-order valence-corrected chi connectivity index (χ0v) is 16.0. The summed E-state index contributed by atoms with van der Waals surface area (Å²) in [4.78, 5) is 31.1. The van der Waals surface area contributed by atoms with Gasteiger partial charge in [-0.15, -0.1) is 0 Å². The van der Waals surface area contributed by atoms with Crippen molar-refractivity contribution in [2.75, 3.05) is 13.1 Å². The Labute approximate surface area is 168 Å². The number of amides is 2. The molecule has 5 nitrogen and oxygen atoms in total. The van der Waals surface area contributed by atoms with E-state index >= 15 is 0 Å². The number of nitrogens with two attached hydrogens (primary N) is 1. The molecule has 2 N–H and O–H groups in total. The molecule has 1 fully saturated rings. The number of halogens is 1. The van der Waals surface area contributed by atoms with E-state index in [1.165, 1.54) is 6.07 Å². The van der Waals surface area contributed by atoms with Gasteiger partial charge in [0.25, 0.3) is 5.91 Å². The normalized spacial score (nSPS) is 14.9. The number of carbonyl (C=O) groups is 2. The summed E-state index contributed by atoms with van der Waals surface area (Å²) in [6, 6.07) is 15.8. The number of nitrogens with zero attached hydrogens (tertiary/aromatic N) is 2. The quantitative estimate of drug-likeness (QED) is 0.740. The van der Waals surface area contributed by atoms with Crippen molar-refractivity contribution < 1.29 is 14.0 Å². The van der Waals surface area contributed by atoms with Crippen LogP contribution in [0.5, 0.6) is 0 Å². The van der Waals surface area contributed by atoms with Gasteiger partial charge in [0.05, 0.1) is 23.2 Å². The Kier molecular flexibility index (Phi) is 5.25. The first-order chi connectivity index (χ1) is 14.0. The average molecular weight is 391 g/mol. The van der Waals surface area contributed by atoms with E-state index in [1.807, 2.05) is 24.3 Å². The molecule has 1 aromatic heterocycles. The van der Waals surface area contributed by atoms with Crippen molar-refractivity contribution in [2.45, 2.75) is 25.2 Å². The van der Waals surface area contributed by atoms with Crippen LogP contribution in [0, 0.1) is 5.82 Å². The number of piperidine rings is 1. The summed E-state index contributed by atoms with van der Waals surface area (Å²) < 4.78 is 13.8. The van der Waals surface area contributed by atoms with Gasteiger partial charge >= 0.3 is 0 Å². The lowest BCUT2D eigenvalue weighted by Gasteiger charge is -2.32. The fourth-order valence-electron chi connectivity index (χ4n) is 3.96. The minimum absolute atomic E-state index is 0.0537. The largest absolute Gasteiger partial charge is 0.366 e. The molecule has 1 saturated heterocycles. The number of likely N-dealkylation sites (tertiary alicyclic amines) is 1. The predicted molar refractivity (Wildman–Crippen MR) is 109 cm³/mol. The molecule has 3 aromatic rings. The zero-order chi connectivity index (χ0) is 20.4. The summed E-state index contributed by atoms with van der Waals surface area (Å²) in [5.41, 5.74) is 7.99. The third-order valence-corrected chi connectivity index (χ3v) is 5.55. The number of rotatable bonds is 4. The number of carbonyl (C=O) groups excluding carboxylic acids is 2. The summed E-state index contributed by atoms with van der Waals surface area (Å²) in [5.74, 6) is -0.881. The van der Waals surface area contributed by atoms with Crippen molar-refractivity contribution in [1.82, 2.24) is 9.88 Å². The first-order valence-electron chi connectivity index (χ1n) is 9.73. The van der Waals surface area contributed by atoms with Crippen molar-refractivity contribution in [3.63, 3.8) is 0 Å². The van der Waals surface area contributed by atoms with Gasteiger partial charge in [-0.2, -0.15) is 0 Å². The van der Waals surface area contributed by atoms with E-state index in [-0.39, 0.29) is 24.1 Å². The lowest BCUT2D eigenvalue weighted by molar-refractivity contribution is -0.131. The molecular formula is C23H22FN3O2. The number of hydrogen-bond acceptors (Lipinski definition) is 3. The third-order valence-electron chi connectivity index (χ3n) is 5.55. The maximum absolute atomic E-state index is 13.8. The zero-order valence-electron chi connectivity index (χ0n) is 16.0. The summed E-state index contributed by atoms with van der Waals surface area (Å²) in [7, 11) is 0. The van der Waals surface area contributed by atoms with Crippen LogP contribution in [-0.4, -0.2) is 34.8 Å².